The number of anilines is 2. The Kier molecular flexibility index (Phi) is 6.63. The van der Waals surface area contributed by atoms with Crippen molar-refractivity contribution in [2.45, 2.75) is 19.9 Å². The second-order valence-corrected chi connectivity index (χ2v) is 6.35. The molecule has 3 aromatic rings. The number of aryl methyl sites for hydroxylation is 1. The number of hydrogen-bond donors (Lipinski definition) is 2. The first kappa shape index (κ1) is 20.1. The topological polar surface area (TPSA) is 85.4 Å². The Morgan fingerprint density at radius 2 is 1.62 bits per heavy atom. The van der Waals surface area contributed by atoms with Gasteiger partial charge in [0.25, 0.3) is 5.91 Å². The minimum atomic E-state index is -0.300. The van der Waals surface area contributed by atoms with Gasteiger partial charge in [-0.3, -0.25) is 4.79 Å². The van der Waals surface area contributed by atoms with Crippen molar-refractivity contribution in [2.75, 3.05) is 19.5 Å². The smallest absolute Gasteiger partial charge is 0.272 e. The molecule has 1 aromatic heterocycles. The van der Waals surface area contributed by atoms with E-state index in [1.54, 1.807) is 32.4 Å². The van der Waals surface area contributed by atoms with E-state index < -0.39 is 0 Å². The number of carbonyl (C=O) groups is 1. The molecule has 7 heteroatoms. The van der Waals surface area contributed by atoms with Gasteiger partial charge in [-0.2, -0.15) is 0 Å². The quantitative estimate of drug-likeness (QED) is 0.608. The van der Waals surface area contributed by atoms with Crippen LogP contribution in [0.3, 0.4) is 0 Å². The second kappa shape index (κ2) is 9.54. The number of nitrogens with zero attached hydrogens (tertiary/aromatic N) is 2. The van der Waals surface area contributed by atoms with Gasteiger partial charge in [-0.15, -0.1) is 10.2 Å². The van der Waals surface area contributed by atoms with Gasteiger partial charge in [0.05, 0.1) is 14.2 Å². The van der Waals surface area contributed by atoms with Crippen LogP contribution in [0.5, 0.6) is 11.5 Å². The largest absolute Gasteiger partial charge is 0.493 e. The molecule has 150 valence electrons. The Bertz CT molecular complexity index is 957. The van der Waals surface area contributed by atoms with E-state index in [4.69, 9.17) is 9.47 Å². The monoisotopic (exact) mass is 392 g/mol. The molecule has 1 amide bonds. The molecule has 0 fully saturated rings. The summed E-state index contributed by atoms with van der Waals surface area (Å²) in [5.74, 6) is 1.53. The zero-order valence-electron chi connectivity index (χ0n) is 16.7. The molecule has 29 heavy (non-hydrogen) atoms. The predicted molar refractivity (Wildman–Crippen MR) is 112 cm³/mol. The lowest BCUT2D eigenvalue weighted by atomic mass is 10.1. The van der Waals surface area contributed by atoms with Crippen LogP contribution in [-0.4, -0.2) is 30.3 Å². The van der Waals surface area contributed by atoms with Crippen LogP contribution in [0.15, 0.2) is 54.6 Å². The normalized spacial score (nSPS) is 10.3. The van der Waals surface area contributed by atoms with Gasteiger partial charge >= 0.3 is 0 Å². The van der Waals surface area contributed by atoms with Crippen LogP contribution in [-0.2, 0) is 13.0 Å². The van der Waals surface area contributed by atoms with Crippen molar-refractivity contribution in [3.63, 3.8) is 0 Å². The number of aromatic nitrogens is 2. The summed E-state index contributed by atoms with van der Waals surface area (Å²) in [4.78, 5) is 12.3. The highest BCUT2D eigenvalue weighted by molar-refractivity contribution is 5.92. The van der Waals surface area contributed by atoms with E-state index in [0.29, 0.717) is 23.9 Å². The van der Waals surface area contributed by atoms with E-state index in [0.717, 1.165) is 17.7 Å². The van der Waals surface area contributed by atoms with E-state index in [-0.39, 0.29) is 11.6 Å². The summed E-state index contributed by atoms with van der Waals surface area (Å²) >= 11 is 0. The standard InChI is InChI=1S/C22H24N4O3/c1-4-15-5-8-17(9-6-15)24-21-12-10-18(25-26-21)22(27)23-14-16-7-11-19(28-2)20(13-16)29-3/h5-13H,4,14H2,1-3H3,(H,23,27)(H,24,26). The van der Waals surface area contributed by atoms with Crippen molar-refractivity contribution >= 4 is 17.4 Å². The summed E-state index contributed by atoms with van der Waals surface area (Å²) in [6.45, 7) is 2.45. The molecule has 0 bridgehead atoms. The Morgan fingerprint density at radius 3 is 2.24 bits per heavy atom. The molecule has 0 spiro atoms. The van der Waals surface area contributed by atoms with Crippen molar-refractivity contribution in [1.82, 2.24) is 15.5 Å². The van der Waals surface area contributed by atoms with Crippen LogP contribution in [0.4, 0.5) is 11.5 Å². The molecule has 0 saturated carbocycles. The van der Waals surface area contributed by atoms with Gasteiger partial charge in [0.1, 0.15) is 0 Å². The van der Waals surface area contributed by atoms with Gasteiger partial charge in [0.2, 0.25) is 0 Å². The van der Waals surface area contributed by atoms with Gasteiger partial charge in [0, 0.05) is 12.2 Å². The number of nitrogens with one attached hydrogen (secondary N) is 2. The highest BCUT2D eigenvalue weighted by Gasteiger charge is 2.10. The molecule has 0 atom stereocenters. The molecule has 0 aliphatic carbocycles. The number of hydrogen-bond acceptors (Lipinski definition) is 6. The number of ether oxygens (including phenoxy) is 2. The maximum Gasteiger partial charge on any atom is 0.272 e. The molecule has 0 radical (unpaired) electrons. The van der Waals surface area contributed by atoms with Crippen molar-refractivity contribution < 1.29 is 14.3 Å². The summed E-state index contributed by atoms with van der Waals surface area (Å²) in [7, 11) is 3.15. The van der Waals surface area contributed by atoms with E-state index in [9.17, 15) is 4.79 Å². The van der Waals surface area contributed by atoms with Crippen LogP contribution < -0.4 is 20.1 Å². The lowest BCUT2D eigenvalue weighted by Gasteiger charge is -2.10. The fourth-order valence-electron chi connectivity index (χ4n) is 2.76. The number of benzene rings is 2. The lowest BCUT2D eigenvalue weighted by Crippen LogP contribution is -2.24. The van der Waals surface area contributed by atoms with Crippen molar-refractivity contribution in [1.29, 1.82) is 0 Å². The molecule has 2 N–H and O–H groups in total. The van der Waals surface area contributed by atoms with Gasteiger partial charge < -0.3 is 20.1 Å². The molecule has 1 heterocycles. The fourth-order valence-corrected chi connectivity index (χ4v) is 2.76. The van der Waals surface area contributed by atoms with E-state index in [2.05, 4.69) is 39.9 Å². The average Bonchev–Trinajstić information content (AvgIpc) is 2.78. The lowest BCUT2D eigenvalue weighted by molar-refractivity contribution is 0.0945. The van der Waals surface area contributed by atoms with E-state index in [1.165, 1.54) is 5.56 Å². The minimum absolute atomic E-state index is 0.248. The molecule has 3 rings (SSSR count). The Labute approximate surface area is 170 Å². The number of rotatable bonds is 8. The molecular weight excluding hydrogens is 368 g/mol. The third-order valence-corrected chi connectivity index (χ3v) is 4.43. The third-order valence-electron chi connectivity index (χ3n) is 4.43. The summed E-state index contributed by atoms with van der Waals surface area (Å²) in [6.07, 6.45) is 0.993. The molecule has 0 unspecified atom stereocenters. The van der Waals surface area contributed by atoms with Crippen LogP contribution >= 0.6 is 0 Å². The van der Waals surface area contributed by atoms with Gasteiger partial charge in [-0.05, 0) is 53.9 Å². The van der Waals surface area contributed by atoms with Crippen LogP contribution in [0.1, 0.15) is 28.5 Å². The highest BCUT2D eigenvalue weighted by atomic mass is 16.5. The molecule has 7 nitrogen and oxygen atoms in total. The Hall–Kier alpha value is -3.61. The number of amides is 1. The number of methoxy groups -OCH3 is 2. The Morgan fingerprint density at radius 1 is 0.897 bits per heavy atom. The van der Waals surface area contributed by atoms with Crippen molar-refractivity contribution in [3.8, 4) is 11.5 Å². The summed E-state index contributed by atoms with van der Waals surface area (Å²) in [6, 6.07) is 17.0. The minimum Gasteiger partial charge on any atom is -0.493 e. The molecule has 0 saturated heterocycles. The SMILES string of the molecule is CCc1ccc(Nc2ccc(C(=O)NCc3ccc(OC)c(OC)c3)nn2)cc1. The van der Waals surface area contributed by atoms with Gasteiger partial charge in [-0.1, -0.05) is 25.1 Å². The molecule has 0 aliphatic rings. The first-order valence-corrected chi connectivity index (χ1v) is 9.31. The highest BCUT2D eigenvalue weighted by Crippen LogP contribution is 2.27. The average molecular weight is 392 g/mol. The van der Waals surface area contributed by atoms with Crippen LogP contribution in [0.2, 0.25) is 0 Å². The molecule has 2 aromatic carbocycles. The number of carbonyl (C=O) groups excluding carboxylic acids is 1. The predicted octanol–water partition coefficient (Wildman–Crippen LogP) is 3.73. The Balaban J connectivity index is 1.58. The van der Waals surface area contributed by atoms with Gasteiger partial charge in [-0.25, -0.2) is 0 Å². The van der Waals surface area contributed by atoms with Crippen molar-refractivity contribution in [3.05, 3.63) is 71.4 Å². The van der Waals surface area contributed by atoms with Gasteiger partial charge in [0.15, 0.2) is 23.0 Å². The summed E-state index contributed by atoms with van der Waals surface area (Å²) in [5.41, 5.74) is 3.32. The molecule has 0 aliphatic heterocycles. The maximum atomic E-state index is 12.3. The van der Waals surface area contributed by atoms with E-state index >= 15 is 0 Å². The summed E-state index contributed by atoms with van der Waals surface area (Å²) < 4.78 is 10.5. The fraction of sp³-hybridized carbons (Fsp3) is 0.227. The second-order valence-electron chi connectivity index (χ2n) is 6.35. The molecular formula is C22H24N4O3. The zero-order chi connectivity index (χ0) is 20.6. The zero-order valence-corrected chi connectivity index (χ0v) is 16.7. The van der Waals surface area contributed by atoms with Crippen LogP contribution in [0.25, 0.3) is 0 Å². The van der Waals surface area contributed by atoms with Crippen LogP contribution in [0, 0.1) is 0 Å². The third kappa shape index (κ3) is 5.22. The van der Waals surface area contributed by atoms with Crippen molar-refractivity contribution in [2.24, 2.45) is 0 Å². The maximum absolute atomic E-state index is 12.3. The first-order valence-electron chi connectivity index (χ1n) is 9.31. The summed E-state index contributed by atoms with van der Waals surface area (Å²) in [5, 5.41) is 14.1. The van der Waals surface area contributed by atoms with E-state index in [1.807, 2.05) is 24.3 Å². The first-order chi connectivity index (χ1) is 14.1.